The first-order valence-electron chi connectivity index (χ1n) is 19.0. The number of rotatable bonds is 6. The van der Waals surface area contributed by atoms with E-state index in [1.165, 1.54) is 118 Å². The van der Waals surface area contributed by atoms with Crippen molar-refractivity contribution in [1.29, 1.82) is 0 Å². The van der Waals surface area contributed by atoms with Gasteiger partial charge in [0.05, 0.1) is 49.5 Å². The van der Waals surface area contributed by atoms with Crippen molar-refractivity contribution in [2.24, 2.45) is 0 Å². The van der Waals surface area contributed by atoms with Gasteiger partial charge in [0.15, 0.2) is 12.6 Å². The minimum Gasteiger partial charge on any atom is -0.297 e. The van der Waals surface area contributed by atoms with Crippen LogP contribution in [0.1, 0.15) is 108 Å². The van der Waals surface area contributed by atoms with E-state index >= 15 is 0 Å². The second-order valence-corrected chi connectivity index (χ2v) is 20.5. The number of fused-ring (bicyclic) bond motifs is 9. The molecule has 0 radical (unpaired) electrons. The first kappa shape index (κ1) is 35.7. The Morgan fingerprint density at radius 2 is 0.625 bits per heavy atom. The monoisotopic (exact) mass is 800 g/mol. The number of carbonyl (C=O) groups excluding carboxylic acids is 2. The van der Waals surface area contributed by atoms with E-state index in [9.17, 15) is 9.59 Å². The zero-order chi connectivity index (χ0) is 39.0. The maximum absolute atomic E-state index is 12.6. The Morgan fingerprint density at radius 1 is 0.357 bits per heavy atom. The number of carbonyl (C=O) groups is 2. The van der Waals surface area contributed by atoms with E-state index in [4.69, 9.17) is 0 Å². The van der Waals surface area contributed by atoms with Gasteiger partial charge in [0.25, 0.3) is 0 Å². The van der Waals surface area contributed by atoms with Gasteiger partial charge in [-0.2, -0.15) is 0 Å². The number of hydrogen-bond donors (Lipinski definition) is 0. The molecule has 0 amide bonds. The molecule has 0 bridgehead atoms. The van der Waals surface area contributed by atoms with Crippen LogP contribution in [0.15, 0.2) is 84.9 Å². The van der Waals surface area contributed by atoms with Gasteiger partial charge in [0.2, 0.25) is 0 Å². The van der Waals surface area contributed by atoms with Gasteiger partial charge in [0.1, 0.15) is 0 Å². The smallest absolute Gasteiger partial charge is 0.160 e. The Morgan fingerprint density at radius 3 is 0.875 bits per heavy atom. The Kier molecular flexibility index (Phi) is 7.89. The molecule has 0 spiro atoms. The quantitative estimate of drug-likeness (QED) is 0.157. The molecule has 4 aromatic heterocycles. The number of hydrogen-bond acceptors (Lipinski definition) is 6. The minimum atomic E-state index is -0.637. The second kappa shape index (κ2) is 12.4. The summed E-state index contributed by atoms with van der Waals surface area (Å²) in [6.07, 6.45) is 2.05. The molecule has 0 aliphatic heterocycles. The third kappa shape index (κ3) is 4.76. The van der Waals surface area contributed by atoms with Crippen LogP contribution in [-0.2, 0) is 10.8 Å². The van der Waals surface area contributed by atoms with Gasteiger partial charge < -0.3 is 0 Å². The van der Waals surface area contributed by atoms with Crippen LogP contribution in [0.4, 0.5) is 0 Å². The highest BCUT2D eigenvalue weighted by Crippen LogP contribution is 2.70. The SMILES string of the molecule is Cc1cc(C)cc(C2(c3cc(C)cc(C)c3)c3cc(C=O)sc3-c3sc4c5c(sc4c32)-c2sc(C=O)cc2C5(c2cc(C)cc(C)c2)c2cc(C)cc(C)c2)c1. The van der Waals surface area contributed by atoms with E-state index in [-0.39, 0.29) is 0 Å². The van der Waals surface area contributed by atoms with Gasteiger partial charge in [-0.05, 0) is 101 Å². The number of benzene rings is 4. The summed E-state index contributed by atoms with van der Waals surface area (Å²) in [5.41, 5.74) is 18.5. The number of aldehydes is 2. The summed E-state index contributed by atoms with van der Waals surface area (Å²) in [6, 6.07) is 32.3. The summed E-state index contributed by atoms with van der Waals surface area (Å²) in [6.45, 7) is 17.6. The van der Waals surface area contributed by atoms with Crippen molar-refractivity contribution >= 4 is 67.3 Å². The zero-order valence-corrected chi connectivity index (χ0v) is 36.0. The first-order chi connectivity index (χ1) is 26.9. The van der Waals surface area contributed by atoms with Crippen LogP contribution in [0.5, 0.6) is 0 Å². The van der Waals surface area contributed by atoms with Gasteiger partial charge in [-0.3, -0.25) is 9.59 Å². The fourth-order valence-electron chi connectivity index (χ4n) is 10.3. The van der Waals surface area contributed by atoms with E-state index in [0.29, 0.717) is 0 Å². The molecular weight excluding hydrogens is 761 g/mol. The molecular formula is C50H40O2S4. The van der Waals surface area contributed by atoms with Crippen molar-refractivity contribution in [2.75, 3.05) is 0 Å². The lowest BCUT2D eigenvalue weighted by molar-refractivity contribution is 0.111. The molecule has 0 saturated carbocycles. The molecule has 0 unspecified atom stereocenters. The first-order valence-corrected chi connectivity index (χ1v) is 22.3. The van der Waals surface area contributed by atoms with Crippen molar-refractivity contribution in [3.63, 3.8) is 0 Å². The molecule has 10 rings (SSSR count). The highest BCUT2D eigenvalue weighted by Gasteiger charge is 2.55. The van der Waals surface area contributed by atoms with Gasteiger partial charge in [-0.25, -0.2) is 0 Å². The molecule has 6 heteroatoms. The molecule has 8 aromatic rings. The molecule has 2 aliphatic carbocycles. The fourth-order valence-corrected chi connectivity index (χ4v) is 15.8. The normalized spacial score (nSPS) is 14.5. The van der Waals surface area contributed by atoms with Crippen LogP contribution in [0, 0.1) is 55.4 Å². The van der Waals surface area contributed by atoms with Crippen molar-refractivity contribution in [1.82, 2.24) is 0 Å². The largest absolute Gasteiger partial charge is 0.297 e. The van der Waals surface area contributed by atoms with Gasteiger partial charge in [0, 0.05) is 11.1 Å². The molecule has 56 heavy (non-hydrogen) atoms. The third-order valence-corrected chi connectivity index (χ3v) is 16.8. The Bertz CT molecular complexity index is 2620. The number of aryl methyl sites for hydroxylation is 8. The summed E-state index contributed by atoms with van der Waals surface area (Å²) in [5, 5.41) is 0. The summed E-state index contributed by atoms with van der Waals surface area (Å²) in [4.78, 5) is 31.7. The maximum atomic E-state index is 12.6. The Balaban J connectivity index is 1.43. The molecule has 2 nitrogen and oxygen atoms in total. The predicted octanol–water partition coefficient (Wildman–Crippen LogP) is 13.9. The fraction of sp³-hybridized carbons (Fsp3) is 0.200. The predicted molar refractivity (Wildman–Crippen MR) is 239 cm³/mol. The van der Waals surface area contributed by atoms with Crippen LogP contribution in [-0.4, -0.2) is 12.6 Å². The molecule has 276 valence electrons. The van der Waals surface area contributed by atoms with Gasteiger partial charge >= 0.3 is 0 Å². The topological polar surface area (TPSA) is 34.1 Å². The zero-order valence-electron chi connectivity index (χ0n) is 32.7. The number of thiophene rings is 4. The molecule has 4 aromatic carbocycles. The third-order valence-electron chi connectivity index (χ3n) is 11.8. The van der Waals surface area contributed by atoms with Crippen LogP contribution in [0.3, 0.4) is 0 Å². The summed E-state index contributed by atoms with van der Waals surface area (Å²) >= 11 is 7.07. The van der Waals surface area contributed by atoms with Crippen molar-refractivity contribution in [3.8, 4) is 19.5 Å². The van der Waals surface area contributed by atoms with Crippen LogP contribution >= 0.6 is 45.3 Å². The van der Waals surface area contributed by atoms with E-state index in [0.717, 1.165) is 22.3 Å². The minimum absolute atomic E-state index is 0.637. The van der Waals surface area contributed by atoms with E-state index in [1.54, 1.807) is 22.7 Å². The molecule has 0 atom stereocenters. The highest BCUT2D eigenvalue weighted by molar-refractivity contribution is 7.34. The maximum Gasteiger partial charge on any atom is 0.160 e. The lowest BCUT2D eigenvalue weighted by atomic mass is 9.66. The Labute approximate surface area is 344 Å². The second-order valence-electron chi connectivity index (χ2n) is 16.3. The van der Waals surface area contributed by atoms with Gasteiger partial charge in [-0.1, -0.05) is 117 Å². The lowest BCUT2D eigenvalue weighted by Crippen LogP contribution is -2.29. The highest BCUT2D eigenvalue weighted by atomic mass is 32.1. The molecule has 4 heterocycles. The van der Waals surface area contributed by atoms with Crippen LogP contribution in [0.2, 0.25) is 0 Å². The van der Waals surface area contributed by atoms with E-state index in [1.807, 2.05) is 22.7 Å². The molecule has 0 fully saturated rings. The van der Waals surface area contributed by atoms with Crippen LogP contribution < -0.4 is 0 Å². The standard InChI is InChI=1S/C50H40O2S4/c1-25-9-26(2)14-33(13-25)49(34-15-27(3)10-28(4)16-34)39-21-37(23-51)53-43(39)45-41(49)47-48(55-45)42-46(56-47)44-40(22-38(24-52)54-44)50(42,35-17-29(5)11-30(6)18-35)36-19-31(7)12-32(8)20-36/h9-24H,1-8H3. The summed E-state index contributed by atoms with van der Waals surface area (Å²) < 4.78 is 2.60. The van der Waals surface area contributed by atoms with E-state index in [2.05, 4.69) is 140 Å². The Hall–Kier alpha value is -4.72. The van der Waals surface area contributed by atoms with Crippen molar-refractivity contribution in [2.45, 2.75) is 66.2 Å². The molecule has 0 N–H and O–H groups in total. The van der Waals surface area contributed by atoms with Crippen molar-refractivity contribution < 1.29 is 9.59 Å². The van der Waals surface area contributed by atoms with Crippen LogP contribution in [0.25, 0.3) is 28.9 Å². The average molecular weight is 801 g/mol. The average Bonchev–Trinajstić information content (AvgIpc) is 3.94. The molecule has 0 saturated heterocycles. The lowest BCUT2D eigenvalue weighted by Gasteiger charge is -2.34. The van der Waals surface area contributed by atoms with Gasteiger partial charge in [-0.15, -0.1) is 45.3 Å². The molecule has 2 aliphatic rings. The summed E-state index contributed by atoms with van der Waals surface area (Å²) in [7, 11) is 0. The summed E-state index contributed by atoms with van der Waals surface area (Å²) in [5.74, 6) is 0. The van der Waals surface area contributed by atoms with E-state index < -0.39 is 10.8 Å². The van der Waals surface area contributed by atoms with Crippen molar-refractivity contribution in [3.05, 3.63) is 184 Å².